The van der Waals surface area contributed by atoms with Crippen LogP contribution >= 0.6 is 0 Å². The molecule has 0 bridgehead atoms. The fraction of sp³-hybridized carbons (Fsp3) is 0.769. The van der Waals surface area contributed by atoms with Crippen LogP contribution in [-0.4, -0.2) is 24.2 Å². The van der Waals surface area contributed by atoms with Crippen LogP contribution in [-0.2, 0) is 17.1 Å². The van der Waals surface area contributed by atoms with Crippen LogP contribution in [0.25, 0.3) is 0 Å². The Morgan fingerprint density at radius 2 is 1.90 bits per heavy atom. The summed E-state index contributed by atoms with van der Waals surface area (Å²) in [6, 6.07) is -0.00738. The Balaban J connectivity index is 2.16. The maximum Gasteiger partial charge on any atom is 0.246 e. The van der Waals surface area contributed by atoms with Crippen molar-refractivity contribution >= 4 is 15.8 Å². The lowest BCUT2D eigenvalue weighted by Crippen LogP contribution is -2.39. The molecule has 2 rings (SSSR count). The summed E-state index contributed by atoms with van der Waals surface area (Å²) in [5, 5.41) is 3.97. The van der Waals surface area contributed by atoms with Crippen molar-refractivity contribution < 1.29 is 8.42 Å². The molecule has 6 nitrogen and oxygen atoms in total. The van der Waals surface area contributed by atoms with Crippen molar-refractivity contribution in [2.75, 3.05) is 5.73 Å². The van der Waals surface area contributed by atoms with E-state index in [1.165, 1.54) is 4.68 Å². The molecular formula is C13H24N4O2S. The van der Waals surface area contributed by atoms with Crippen molar-refractivity contribution in [3.63, 3.8) is 0 Å². The van der Waals surface area contributed by atoms with Gasteiger partial charge in [0.2, 0.25) is 10.0 Å². The van der Waals surface area contributed by atoms with Gasteiger partial charge in [-0.2, -0.15) is 5.10 Å². The molecule has 0 radical (unpaired) electrons. The lowest BCUT2D eigenvalue weighted by molar-refractivity contribution is 0.218. The first-order valence-electron chi connectivity index (χ1n) is 6.94. The molecule has 1 saturated carbocycles. The van der Waals surface area contributed by atoms with Crippen molar-refractivity contribution in [1.29, 1.82) is 0 Å². The van der Waals surface area contributed by atoms with E-state index in [2.05, 4.69) is 23.7 Å². The second-order valence-electron chi connectivity index (χ2n) is 6.48. The van der Waals surface area contributed by atoms with Gasteiger partial charge in [0.25, 0.3) is 0 Å². The zero-order valence-corrected chi connectivity index (χ0v) is 13.4. The quantitative estimate of drug-likeness (QED) is 0.886. The van der Waals surface area contributed by atoms with Crippen molar-refractivity contribution in [3.8, 4) is 0 Å². The predicted octanol–water partition coefficient (Wildman–Crippen LogP) is 1.56. The summed E-state index contributed by atoms with van der Waals surface area (Å²) in [6.45, 7) is 6.16. The summed E-state index contributed by atoms with van der Waals surface area (Å²) in [7, 11) is -1.91. The van der Waals surface area contributed by atoms with Gasteiger partial charge >= 0.3 is 0 Å². The number of nitrogens with one attached hydrogen (secondary N) is 1. The molecule has 1 aliphatic rings. The third kappa shape index (κ3) is 2.98. The molecule has 3 N–H and O–H groups in total. The van der Waals surface area contributed by atoms with Gasteiger partial charge in [0.1, 0.15) is 4.90 Å². The van der Waals surface area contributed by atoms with Crippen molar-refractivity contribution in [2.24, 2.45) is 12.5 Å². The lowest BCUT2D eigenvalue weighted by atomic mass is 9.76. The predicted molar refractivity (Wildman–Crippen MR) is 78.7 cm³/mol. The molecule has 0 saturated heterocycles. The topological polar surface area (TPSA) is 90.0 Å². The highest BCUT2D eigenvalue weighted by Crippen LogP contribution is 2.35. The molecule has 0 atom stereocenters. The third-order valence-electron chi connectivity index (χ3n) is 4.23. The average Bonchev–Trinajstić information content (AvgIpc) is 2.56. The fourth-order valence-electron chi connectivity index (χ4n) is 2.74. The SMILES string of the molecule is Cc1c(S(=O)(=O)NC2CCC(C)(C)CC2)c(N)nn1C. The van der Waals surface area contributed by atoms with Crippen LogP contribution in [0.4, 0.5) is 5.82 Å². The van der Waals surface area contributed by atoms with Crippen LogP contribution in [0, 0.1) is 12.3 Å². The van der Waals surface area contributed by atoms with Crippen LogP contribution in [0.2, 0.25) is 0 Å². The van der Waals surface area contributed by atoms with E-state index in [1.54, 1.807) is 14.0 Å². The standard InChI is InChI=1S/C13H24N4O2S/c1-9-11(12(14)15-17(9)4)20(18,19)16-10-5-7-13(2,3)8-6-10/h10,16H,5-8H2,1-4H3,(H2,14,15). The average molecular weight is 300 g/mol. The van der Waals surface area contributed by atoms with Gasteiger partial charge in [0, 0.05) is 13.1 Å². The number of nitrogens with zero attached hydrogens (tertiary/aromatic N) is 2. The fourth-order valence-corrected chi connectivity index (χ4v) is 4.37. The minimum atomic E-state index is -3.60. The summed E-state index contributed by atoms with van der Waals surface area (Å²) in [5.41, 5.74) is 6.60. The minimum absolute atomic E-state index is 0.00738. The molecule has 1 aliphatic carbocycles. The first kappa shape index (κ1) is 15.3. The van der Waals surface area contributed by atoms with E-state index in [4.69, 9.17) is 5.73 Å². The second kappa shape index (κ2) is 5.04. The first-order chi connectivity index (χ1) is 9.12. The van der Waals surface area contributed by atoms with Crippen molar-refractivity contribution in [1.82, 2.24) is 14.5 Å². The van der Waals surface area contributed by atoms with E-state index < -0.39 is 10.0 Å². The number of nitrogens with two attached hydrogens (primary N) is 1. The summed E-state index contributed by atoms with van der Waals surface area (Å²) in [6.07, 6.45) is 3.79. The molecule has 0 amide bonds. The maximum absolute atomic E-state index is 12.5. The summed E-state index contributed by atoms with van der Waals surface area (Å²) in [4.78, 5) is 0.116. The number of anilines is 1. The molecule has 1 aromatic rings. The van der Waals surface area contributed by atoms with E-state index >= 15 is 0 Å². The molecule has 1 fully saturated rings. The second-order valence-corrected chi connectivity index (χ2v) is 8.13. The van der Waals surface area contributed by atoms with Gasteiger partial charge in [0.05, 0.1) is 5.69 Å². The Kier molecular flexibility index (Phi) is 3.85. The zero-order chi connectivity index (χ0) is 15.1. The van der Waals surface area contributed by atoms with Gasteiger partial charge < -0.3 is 5.73 Å². The molecule has 20 heavy (non-hydrogen) atoms. The molecule has 0 aliphatic heterocycles. The van der Waals surface area contributed by atoms with Crippen molar-refractivity contribution in [3.05, 3.63) is 5.69 Å². The van der Waals surface area contributed by atoms with Crippen LogP contribution in [0.1, 0.15) is 45.2 Å². The molecule has 0 unspecified atom stereocenters. The lowest BCUT2D eigenvalue weighted by Gasteiger charge is -2.34. The third-order valence-corrected chi connectivity index (χ3v) is 5.92. The number of rotatable bonds is 3. The summed E-state index contributed by atoms with van der Waals surface area (Å²) >= 11 is 0. The highest BCUT2D eigenvalue weighted by Gasteiger charge is 2.32. The van der Waals surface area contributed by atoms with Crippen LogP contribution in [0.15, 0.2) is 4.90 Å². The number of aryl methyl sites for hydroxylation is 1. The minimum Gasteiger partial charge on any atom is -0.381 e. The molecule has 7 heteroatoms. The van der Waals surface area contributed by atoms with Crippen LogP contribution in [0.3, 0.4) is 0 Å². The van der Waals surface area contributed by atoms with Gasteiger partial charge in [0.15, 0.2) is 5.82 Å². The Morgan fingerprint density at radius 3 is 2.35 bits per heavy atom. The van der Waals surface area contributed by atoms with E-state index in [1.807, 2.05) is 0 Å². The molecule has 0 aromatic carbocycles. The first-order valence-corrected chi connectivity index (χ1v) is 8.42. The van der Waals surface area contributed by atoms with E-state index in [9.17, 15) is 8.42 Å². The largest absolute Gasteiger partial charge is 0.381 e. The Hall–Kier alpha value is -1.08. The van der Waals surface area contributed by atoms with Gasteiger partial charge in [-0.1, -0.05) is 13.8 Å². The van der Waals surface area contributed by atoms with E-state index in [0.29, 0.717) is 11.1 Å². The monoisotopic (exact) mass is 300 g/mol. The number of hydrogen-bond donors (Lipinski definition) is 2. The van der Waals surface area contributed by atoms with Gasteiger partial charge in [-0.25, -0.2) is 13.1 Å². The molecular weight excluding hydrogens is 276 g/mol. The number of sulfonamides is 1. The normalized spacial score (nSPS) is 20.2. The highest BCUT2D eigenvalue weighted by molar-refractivity contribution is 7.89. The number of aromatic nitrogens is 2. The molecule has 1 aromatic heterocycles. The smallest absolute Gasteiger partial charge is 0.246 e. The Bertz CT molecular complexity index is 594. The maximum atomic E-state index is 12.5. The van der Waals surface area contributed by atoms with Gasteiger partial charge in [-0.05, 0) is 38.0 Å². The number of hydrogen-bond acceptors (Lipinski definition) is 4. The molecule has 114 valence electrons. The summed E-state index contributed by atoms with van der Waals surface area (Å²) in [5.74, 6) is 0.0636. The van der Waals surface area contributed by atoms with Gasteiger partial charge in [-0.15, -0.1) is 0 Å². The number of nitrogen functional groups attached to an aromatic ring is 1. The molecule has 1 heterocycles. The van der Waals surface area contributed by atoms with Crippen LogP contribution < -0.4 is 10.5 Å². The van der Waals surface area contributed by atoms with E-state index in [-0.39, 0.29) is 16.8 Å². The van der Waals surface area contributed by atoms with E-state index in [0.717, 1.165) is 25.7 Å². The Labute approximate surface area is 120 Å². The van der Waals surface area contributed by atoms with Crippen molar-refractivity contribution in [2.45, 2.75) is 57.4 Å². The molecule has 0 spiro atoms. The highest BCUT2D eigenvalue weighted by atomic mass is 32.2. The van der Waals surface area contributed by atoms with Gasteiger partial charge in [-0.3, -0.25) is 4.68 Å². The zero-order valence-electron chi connectivity index (χ0n) is 12.6. The Morgan fingerprint density at radius 1 is 1.35 bits per heavy atom. The summed E-state index contributed by atoms with van der Waals surface area (Å²) < 4.78 is 29.2. The van der Waals surface area contributed by atoms with Crippen LogP contribution in [0.5, 0.6) is 0 Å².